The summed E-state index contributed by atoms with van der Waals surface area (Å²) in [5.74, 6) is 0. The Balaban J connectivity index is 1.73. The molecule has 126 valence electrons. The zero-order valence-corrected chi connectivity index (χ0v) is 14.6. The van der Waals surface area contributed by atoms with Gasteiger partial charge < -0.3 is 9.64 Å². The number of fused-ring (bicyclic) bond motifs is 1. The number of anilines is 1. The molecule has 0 aliphatic carbocycles. The van der Waals surface area contributed by atoms with Gasteiger partial charge in [-0.15, -0.1) is 0 Å². The van der Waals surface area contributed by atoms with Crippen molar-refractivity contribution < 1.29 is 4.74 Å². The van der Waals surface area contributed by atoms with Gasteiger partial charge >= 0.3 is 0 Å². The van der Waals surface area contributed by atoms with Crippen LogP contribution in [0.2, 0.25) is 5.02 Å². The van der Waals surface area contributed by atoms with E-state index in [1.165, 1.54) is 0 Å². The molecule has 0 N–H and O–H groups in total. The molecule has 1 aliphatic rings. The lowest BCUT2D eigenvalue weighted by Gasteiger charge is -2.34. The number of benzene rings is 2. The molecule has 2 aromatic carbocycles. The minimum atomic E-state index is -0.169. The van der Waals surface area contributed by atoms with Crippen molar-refractivity contribution >= 4 is 23.4 Å². The van der Waals surface area contributed by atoms with E-state index < -0.39 is 0 Å². The van der Waals surface area contributed by atoms with Crippen molar-refractivity contribution in [2.45, 2.75) is 13.2 Å². The lowest BCUT2D eigenvalue weighted by molar-refractivity contribution is 0.0654. The van der Waals surface area contributed by atoms with Crippen molar-refractivity contribution in [3.63, 3.8) is 0 Å². The summed E-state index contributed by atoms with van der Waals surface area (Å²) >= 11 is 6.02. The Labute approximate surface area is 151 Å². The van der Waals surface area contributed by atoms with Crippen LogP contribution in [-0.2, 0) is 4.74 Å². The zero-order chi connectivity index (χ0) is 17.2. The van der Waals surface area contributed by atoms with Crippen LogP contribution in [0.4, 0.5) is 5.69 Å². The van der Waals surface area contributed by atoms with E-state index in [0.29, 0.717) is 6.61 Å². The second-order valence-corrected chi connectivity index (χ2v) is 6.21. The maximum atomic E-state index is 6.06. The van der Waals surface area contributed by atoms with Gasteiger partial charge in [-0.05, 0) is 61.0 Å². The van der Waals surface area contributed by atoms with Crippen molar-refractivity contribution in [3.05, 3.63) is 83.3 Å². The van der Waals surface area contributed by atoms with Gasteiger partial charge in [0.2, 0.25) is 0 Å². The van der Waals surface area contributed by atoms with Crippen LogP contribution in [0.15, 0.2) is 67.1 Å². The van der Waals surface area contributed by atoms with Crippen LogP contribution in [-0.4, -0.2) is 16.4 Å². The molecule has 0 saturated carbocycles. The average Bonchev–Trinajstić information content (AvgIpc) is 3.17. The first-order valence-corrected chi connectivity index (χ1v) is 8.62. The van der Waals surface area contributed by atoms with Gasteiger partial charge in [-0.3, -0.25) is 0 Å². The van der Waals surface area contributed by atoms with E-state index in [0.717, 1.165) is 27.5 Å². The van der Waals surface area contributed by atoms with E-state index in [-0.39, 0.29) is 6.23 Å². The van der Waals surface area contributed by atoms with Gasteiger partial charge in [0.05, 0.1) is 5.69 Å². The smallest absolute Gasteiger partial charge is 0.160 e. The molecule has 0 fully saturated rings. The standard InChI is InChI=1S/C20H18ClN3O/c1-2-25-20-19-9-8-18(24-12-3-11-22-24)14-15(19)10-13-23(20)17-6-4-16(21)5-7-17/h3-14,20H,2H2,1H3. The highest BCUT2D eigenvalue weighted by molar-refractivity contribution is 6.30. The zero-order valence-electron chi connectivity index (χ0n) is 13.8. The maximum absolute atomic E-state index is 6.06. The van der Waals surface area contributed by atoms with E-state index in [4.69, 9.17) is 16.3 Å². The Morgan fingerprint density at radius 2 is 1.92 bits per heavy atom. The molecule has 1 unspecified atom stereocenters. The van der Waals surface area contributed by atoms with Crippen molar-refractivity contribution in [1.82, 2.24) is 9.78 Å². The molecular weight excluding hydrogens is 334 g/mol. The molecule has 0 bridgehead atoms. The van der Waals surface area contributed by atoms with Gasteiger partial charge in [-0.2, -0.15) is 5.10 Å². The van der Waals surface area contributed by atoms with Crippen LogP contribution >= 0.6 is 11.6 Å². The average molecular weight is 352 g/mol. The summed E-state index contributed by atoms with van der Waals surface area (Å²) in [6, 6.07) is 16.0. The van der Waals surface area contributed by atoms with Crippen LogP contribution in [0, 0.1) is 0 Å². The second-order valence-electron chi connectivity index (χ2n) is 5.77. The monoisotopic (exact) mass is 351 g/mol. The van der Waals surface area contributed by atoms with E-state index >= 15 is 0 Å². The summed E-state index contributed by atoms with van der Waals surface area (Å²) in [5.41, 5.74) is 4.34. The maximum Gasteiger partial charge on any atom is 0.160 e. The van der Waals surface area contributed by atoms with E-state index in [1.807, 2.05) is 48.1 Å². The fraction of sp³-hybridized carbons (Fsp3) is 0.150. The van der Waals surface area contributed by atoms with Crippen molar-refractivity contribution in [3.8, 4) is 5.69 Å². The van der Waals surface area contributed by atoms with E-state index in [9.17, 15) is 0 Å². The quantitative estimate of drug-likeness (QED) is 0.658. The molecule has 25 heavy (non-hydrogen) atoms. The van der Waals surface area contributed by atoms with Crippen molar-refractivity contribution in [2.75, 3.05) is 11.5 Å². The number of hydrogen-bond donors (Lipinski definition) is 0. The van der Waals surface area contributed by atoms with E-state index in [1.54, 1.807) is 6.20 Å². The summed E-state index contributed by atoms with van der Waals surface area (Å²) in [5, 5.41) is 5.02. The molecule has 1 aromatic heterocycles. The van der Waals surface area contributed by atoms with Crippen LogP contribution in [0.1, 0.15) is 24.3 Å². The minimum Gasteiger partial charge on any atom is -0.354 e. The normalized spacial score (nSPS) is 16.1. The van der Waals surface area contributed by atoms with Crippen LogP contribution in [0.3, 0.4) is 0 Å². The highest BCUT2D eigenvalue weighted by atomic mass is 35.5. The Hall–Kier alpha value is -2.56. The Kier molecular flexibility index (Phi) is 4.30. The predicted molar refractivity (Wildman–Crippen MR) is 101 cm³/mol. The number of ether oxygens (including phenoxy) is 1. The number of nitrogens with zero attached hydrogens (tertiary/aromatic N) is 3. The molecule has 4 rings (SSSR count). The number of rotatable bonds is 4. The molecule has 0 spiro atoms. The molecule has 0 saturated heterocycles. The third-order valence-electron chi connectivity index (χ3n) is 4.22. The Morgan fingerprint density at radius 3 is 2.64 bits per heavy atom. The SMILES string of the molecule is CCOC1c2ccc(-n3cccn3)cc2C=CN1c1ccc(Cl)cc1. The molecule has 0 radical (unpaired) electrons. The molecule has 1 atom stereocenters. The highest BCUT2D eigenvalue weighted by Crippen LogP contribution is 2.36. The lowest BCUT2D eigenvalue weighted by atomic mass is 10.0. The van der Waals surface area contributed by atoms with Gasteiger partial charge in [-0.1, -0.05) is 17.7 Å². The molecule has 4 nitrogen and oxygen atoms in total. The van der Waals surface area contributed by atoms with Crippen molar-refractivity contribution in [2.24, 2.45) is 0 Å². The molecule has 0 amide bonds. The van der Waals surface area contributed by atoms with Gasteiger partial charge in [0.25, 0.3) is 0 Å². The molecule has 2 heterocycles. The summed E-state index contributed by atoms with van der Waals surface area (Å²) < 4.78 is 7.91. The third-order valence-corrected chi connectivity index (χ3v) is 4.47. The fourth-order valence-electron chi connectivity index (χ4n) is 3.05. The second kappa shape index (κ2) is 6.75. The first kappa shape index (κ1) is 15.9. The summed E-state index contributed by atoms with van der Waals surface area (Å²) in [6.07, 6.45) is 7.71. The van der Waals surface area contributed by atoms with Gasteiger partial charge in [0.1, 0.15) is 0 Å². The molecular formula is C20H18ClN3O. The highest BCUT2D eigenvalue weighted by Gasteiger charge is 2.25. The summed E-state index contributed by atoms with van der Waals surface area (Å²) in [6.45, 7) is 2.64. The topological polar surface area (TPSA) is 30.3 Å². The largest absolute Gasteiger partial charge is 0.354 e. The van der Waals surface area contributed by atoms with Crippen LogP contribution < -0.4 is 4.90 Å². The number of hydrogen-bond acceptors (Lipinski definition) is 3. The molecule has 3 aromatic rings. The first-order valence-electron chi connectivity index (χ1n) is 8.24. The summed E-state index contributed by atoms with van der Waals surface area (Å²) in [7, 11) is 0. The minimum absolute atomic E-state index is 0.169. The fourth-order valence-corrected chi connectivity index (χ4v) is 3.17. The van der Waals surface area contributed by atoms with Gasteiger partial charge in [0.15, 0.2) is 6.23 Å². The van der Waals surface area contributed by atoms with Crippen LogP contribution in [0.25, 0.3) is 11.8 Å². The lowest BCUT2D eigenvalue weighted by Crippen LogP contribution is -2.28. The Bertz CT molecular complexity index is 888. The molecule has 5 heteroatoms. The molecule has 1 aliphatic heterocycles. The van der Waals surface area contributed by atoms with Crippen LogP contribution in [0.5, 0.6) is 0 Å². The third kappa shape index (κ3) is 3.06. The number of aromatic nitrogens is 2. The predicted octanol–water partition coefficient (Wildman–Crippen LogP) is 5.05. The van der Waals surface area contributed by atoms with Gasteiger partial charge in [-0.25, -0.2) is 4.68 Å². The van der Waals surface area contributed by atoms with Gasteiger partial charge in [0, 0.05) is 41.5 Å². The summed E-state index contributed by atoms with van der Waals surface area (Å²) in [4.78, 5) is 2.12. The number of halogens is 1. The van der Waals surface area contributed by atoms with Crippen molar-refractivity contribution in [1.29, 1.82) is 0 Å². The first-order chi connectivity index (χ1) is 12.3. The Morgan fingerprint density at radius 1 is 1.12 bits per heavy atom. The van der Waals surface area contributed by atoms with E-state index in [2.05, 4.69) is 40.5 Å².